The first-order valence-corrected chi connectivity index (χ1v) is 10.7. The van der Waals surface area contributed by atoms with Crippen molar-refractivity contribution in [3.05, 3.63) is 102 Å². The predicted molar refractivity (Wildman–Crippen MR) is 120 cm³/mol. The number of carbonyl (C=O) groups excluding carboxylic acids is 1. The second-order valence-electron chi connectivity index (χ2n) is 8.54. The van der Waals surface area contributed by atoms with Crippen molar-refractivity contribution < 1.29 is 4.79 Å². The zero-order valence-electron chi connectivity index (χ0n) is 17.3. The second-order valence-corrected chi connectivity index (χ2v) is 8.54. The van der Waals surface area contributed by atoms with Crippen LogP contribution in [-0.4, -0.2) is 11.9 Å². The van der Waals surface area contributed by atoms with Crippen LogP contribution >= 0.6 is 0 Å². The van der Waals surface area contributed by atoms with Crippen molar-refractivity contribution in [3.8, 4) is 0 Å². The molecular weight excluding hydrogens is 370 g/mol. The predicted octanol–water partition coefficient (Wildman–Crippen LogP) is 4.73. The Morgan fingerprint density at radius 3 is 1.97 bits per heavy atom. The summed E-state index contributed by atoms with van der Waals surface area (Å²) in [6.07, 6.45) is 0. The highest BCUT2D eigenvalue weighted by Crippen LogP contribution is 2.48. The van der Waals surface area contributed by atoms with Crippen LogP contribution in [0.5, 0.6) is 0 Å². The van der Waals surface area contributed by atoms with Crippen molar-refractivity contribution in [1.29, 1.82) is 0 Å². The highest BCUT2D eigenvalue weighted by molar-refractivity contribution is 6.01. The molecule has 1 amide bonds. The number of carbonyl (C=O) groups is 1. The first kappa shape index (κ1) is 19.0. The van der Waals surface area contributed by atoms with E-state index < -0.39 is 0 Å². The van der Waals surface area contributed by atoms with E-state index in [0.717, 1.165) is 5.69 Å². The minimum atomic E-state index is -0.259. The number of para-hydroxylation sites is 1. The van der Waals surface area contributed by atoms with Gasteiger partial charge in [-0.25, -0.2) is 10.9 Å². The van der Waals surface area contributed by atoms with Crippen LogP contribution in [0.15, 0.2) is 84.9 Å². The SMILES string of the molecule is CC(C)c1ccc(C2C3C(NNC3c3ccccc3)C(=O)N2c2ccccc2)cc1. The molecule has 3 aromatic rings. The summed E-state index contributed by atoms with van der Waals surface area (Å²) in [5, 5.41) is 0. The molecule has 2 aliphatic heterocycles. The first-order valence-electron chi connectivity index (χ1n) is 10.7. The minimum absolute atomic E-state index is 0.0428. The molecule has 3 aromatic carbocycles. The van der Waals surface area contributed by atoms with Gasteiger partial charge >= 0.3 is 0 Å². The molecule has 2 heterocycles. The number of fused-ring (bicyclic) bond motifs is 1. The number of hydrazine groups is 1. The minimum Gasteiger partial charge on any atom is -0.303 e. The molecule has 4 nitrogen and oxygen atoms in total. The number of rotatable bonds is 4. The molecule has 30 heavy (non-hydrogen) atoms. The lowest BCUT2D eigenvalue weighted by Gasteiger charge is -2.31. The number of benzene rings is 3. The summed E-state index contributed by atoms with van der Waals surface area (Å²) in [4.78, 5) is 15.5. The van der Waals surface area contributed by atoms with E-state index in [0.29, 0.717) is 5.92 Å². The van der Waals surface area contributed by atoms with E-state index in [1.165, 1.54) is 16.7 Å². The monoisotopic (exact) mass is 397 g/mol. The number of nitrogens with one attached hydrogen (secondary N) is 2. The van der Waals surface area contributed by atoms with E-state index in [4.69, 9.17) is 0 Å². The topological polar surface area (TPSA) is 44.4 Å². The number of amides is 1. The van der Waals surface area contributed by atoms with Gasteiger partial charge in [-0.2, -0.15) is 0 Å². The van der Waals surface area contributed by atoms with Crippen molar-refractivity contribution in [2.24, 2.45) is 5.92 Å². The Hall–Kier alpha value is -2.95. The number of anilines is 1. The Balaban J connectivity index is 1.61. The Morgan fingerprint density at radius 2 is 1.33 bits per heavy atom. The number of hydrogen-bond donors (Lipinski definition) is 2. The van der Waals surface area contributed by atoms with Crippen molar-refractivity contribution in [2.75, 3.05) is 4.90 Å². The molecule has 0 saturated carbocycles. The summed E-state index contributed by atoms with van der Waals surface area (Å²) < 4.78 is 0. The third kappa shape index (κ3) is 3.13. The van der Waals surface area contributed by atoms with Crippen molar-refractivity contribution in [2.45, 2.75) is 37.9 Å². The Morgan fingerprint density at radius 1 is 0.733 bits per heavy atom. The average Bonchev–Trinajstić information content (AvgIpc) is 3.34. The van der Waals surface area contributed by atoms with Gasteiger partial charge < -0.3 is 4.90 Å². The summed E-state index contributed by atoms with van der Waals surface area (Å²) in [7, 11) is 0. The molecule has 0 radical (unpaired) electrons. The molecule has 0 spiro atoms. The maximum atomic E-state index is 13.5. The maximum Gasteiger partial charge on any atom is 0.246 e. The van der Waals surface area contributed by atoms with Crippen LogP contribution in [0.1, 0.15) is 48.5 Å². The summed E-state index contributed by atoms with van der Waals surface area (Å²) in [5.41, 5.74) is 11.3. The van der Waals surface area contributed by atoms with Crippen LogP contribution in [0, 0.1) is 5.92 Å². The maximum absolute atomic E-state index is 13.5. The highest BCUT2D eigenvalue weighted by atomic mass is 16.2. The molecular formula is C26H27N3O. The lowest BCUT2D eigenvalue weighted by Crippen LogP contribution is -2.41. The smallest absolute Gasteiger partial charge is 0.246 e. The van der Waals surface area contributed by atoms with E-state index >= 15 is 0 Å². The number of nitrogens with zero attached hydrogens (tertiary/aromatic N) is 1. The average molecular weight is 398 g/mol. The molecule has 152 valence electrons. The van der Waals surface area contributed by atoms with E-state index in [-0.39, 0.29) is 30.0 Å². The summed E-state index contributed by atoms with van der Waals surface area (Å²) >= 11 is 0. The molecule has 4 unspecified atom stereocenters. The van der Waals surface area contributed by atoms with Gasteiger partial charge in [0.15, 0.2) is 0 Å². The van der Waals surface area contributed by atoms with Gasteiger partial charge in [0, 0.05) is 11.6 Å². The van der Waals surface area contributed by atoms with Gasteiger partial charge in [0.2, 0.25) is 5.91 Å². The van der Waals surface area contributed by atoms with Gasteiger partial charge in [-0.05, 0) is 34.7 Å². The lowest BCUT2D eigenvalue weighted by atomic mass is 9.83. The lowest BCUT2D eigenvalue weighted by molar-refractivity contribution is -0.119. The zero-order chi connectivity index (χ0) is 20.7. The van der Waals surface area contributed by atoms with Gasteiger partial charge in [-0.15, -0.1) is 0 Å². The van der Waals surface area contributed by atoms with Crippen LogP contribution in [0.2, 0.25) is 0 Å². The summed E-state index contributed by atoms with van der Waals surface area (Å²) in [5.74, 6) is 0.689. The van der Waals surface area contributed by atoms with Crippen LogP contribution in [0.25, 0.3) is 0 Å². The summed E-state index contributed by atoms with van der Waals surface area (Å²) in [6, 6.07) is 29.0. The Bertz CT molecular complexity index is 1020. The van der Waals surface area contributed by atoms with Gasteiger partial charge in [-0.1, -0.05) is 86.6 Å². The quantitative estimate of drug-likeness (QED) is 0.669. The molecule has 0 aliphatic carbocycles. The van der Waals surface area contributed by atoms with E-state index in [1.54, 1.807) is 0 Å². The third-order valence-corrected chi connectivity index (χ3v) is 6.45. The summed E-state index contributed by atoms with van der Waals surface area (Å²) in [6.45, 7) is 4.41. The Kier molecular flexibility index (Phi) is 4.89. The normalized spacial score (nSPS) is 25.7. The number of hydrogen-bond acceptors (Lipinski definition) is 3. The fourth-order valence-electron chi connectivity index (χ4n) is 4.91. The van der Waals surface area contributed by atoms with E-state index in [2.05, 4.69) is 73.2 Å². The molecule has 2 saturated heterocycles. The molecule has 5 rings (SSSR count). The van der Waals surface area contributed by atoms with Crippen molar-refractivity contribution >= 4 is 11.6 Å². The third-order valence-electron chi connectivity index (χ3n) is 6.45. The van der Waals surface area contributed by atoms with Gasteiger partial charge in [0.1, 0.15) is 6.04 Å². The molecule has 0 bridgehead atoms. The van der Waals surface area contributed by atoms with Crippen LogP contribution in [0.3, 0.4) is 0 Å². The van der Waals surface area contributed by atoms with Crippen molar-refractivity contribution in [3.63, 3.8) is 0 Å². The van der Waals surface area contributed by atoms with Crippen LogP contribution < -0.4 is 15.8 Å². The van der Waals surface area contributed by atoms with Crippen LogP contribution in [0.4, 0.5) is 5.69 Å². The molecule has 4 heteroatoms. The second kappa shape index (κ2) is 7.71. The zero-order valence-corrected chi connectivity index (χ0v) is 17.3. The Labute approximate surface area is 177 Å². The molecule has 4 atom stereocenters. The fourth-order valence-corrected chi connectivity index (χ4v) is 4.91. The molecule has 2 fully saturated rings. The van der Waals surface area contributed by atoms with Gasteiger partial charge in [-0.3, -0.25) is 4.79 Å². The van der Waals surface area contributed by atoms with Gasteiger partial charge in [0.05, 0.1) is 12.1 Å². The first-order chi connectivity index (χ1) is 14.6. The van der Waals surface area contributed by atoms with E-state index in [9.17, 15) is 4.79 Å². The fraction of sp³-hybridized carbons (Fsp3) is 0.269. The van der Waals surface area contributed by atoms with Gasteiger partial charge in [0.25, 0.3) is 0 Å². The molecule has 2 aliphatic rings. The largest absolute Gasteiger partial charge is 0.303 e. The highest BCUT2D eigenvalue weighted by Gasteiger charge is 2.55. The van der Waals surface area contributed by atoms with Crippen molar-refractivity contribution in [1.82, 2.24) is 10.9 Å². The standard InChI is InChI=1S/C26H27N3O/c1-17(2)18-13-15-20(16-14-18)25-22-23(19-9-5-3-6-10-19)27-28-24(22)26(30)29(25)21-11-7-4-8-12-21/h3-17,22-25,27-28H,1-2H3. The molecule has 0 aromatic heterocycles. The molecule has 2 N–H and O–H groups in total. The van der Waals surface area contributed by atoms with E-state index in [1.807, 2.05) is 41.3 Å². The van der Waals surface area contributed by atoms with Crippen LogP contribution in [-0.2, 0) is 4.79 Å².